The van der Waals surface area contributed by atoms with Crippen molar-refractivity contribution in [2.75, 3.05) is 59.9 Å². The van der Waals surface area contributed by atoms with Crippen LogP contribution in [0, 0.1) is 36.0 Å². The van der Waals surface area contributed by atoms with Crippen LogP contribution in [-0.4, -0.2) is 146 Å². The number of hydrogen-bond acceptors (Lipinski definition) is 14. The van der Waals surface area contributed by atoms with E-state index in [1.54, 1.807) is 18.0 Å². The van der Waals surface area contributed by atoms with Crippen LogP contribution in [0.4, 0.5) is 9.18 Å². The number of hydrogen-bond donors (Lipinski definition) is 3. The average Bonchev–Trinajstić information content (AvgIpc) is 4.18. The number of rotatable bonds is 12. The normalized spacial score (nSPS) is 34.0. The number of aliphatic imine (C=N–C) groups is 4. The van der Waals surface area contributed by atoms with Gasteiger partial charge >= 0.3 is 6.09 Å². The Labute approximate surface area is 362 Å². The maximum absolute atomic E-state index is 15.5. The molecule has 328 valence electrons. The molecule has 0 aromatic rings. The molecule has 2 aliphatic carbocycles. The summed E-state index contributed by atoms with van der Waals surface area (Å²) in [4.78, 5) is 35.0. The zero-order valence-electron chi connectivity index (χ0n) is 34.8. The van der Waals surface area contributed by atoms with E-state index in [0.717, 1.165) is 55.3 Å². The Morgan fingerprint density at radius 3 is 2.77 bits per heavy atom. The van der Waals surface area contributed by atoms with Crippen molar-refractivity contribution in [1.82, 2.24) is 15.5 Å². The molecule has 3 N–H and O–H groups in total. The molecule has 6 heterocycles. The number of alkyl carbamates (subject to hydrolysis) is 1. The number of ether oxygens (including phenoxy) is 4. The first-order valence-corrected chi connectivity index (χ1v) is 24.0. The van der Waals surface area contributed by atoms with Crippen LogP contribution in [0.25, 0.3) is 0 Å². The van der Waals surface area contributed by atoms with Crippen molar-refractivity contribution < 1.29 is 33.2 Å². The Bertz CT molecular complexity index is 1740. The Kier molecular flexibility index (Phi) is 15.4. The van der Waals surface area contributed by atoms with Gasteiger partial charge in [0.1, 0.15) is 24.9 Å². The minimum Gasteiger partial charge on any atom is -0.453 e. The predicted octanol–water partition coefficient (Wildman–Crippen LogP) is 5.54. The number of aliphatic hydroxyl groups excluding tert-OH is 1. The highest BCUT2D eigenvalue weighted by Gasteiger charge is 2.51. The summed E-state index contributed by atoms with van der Waals surface area (Å²) in [5.41, 5.74) is 3.20. The van der Waals surface area contributed by atoms with Gasteiger partial charge in [0, 0.05) is 66.5 Å². The maximum atomic E-state index is 15.5. The molecule has 0 radical (unpaired) electrons. The lowest BCUT2D eigenvalue weighted by molar-refractivity contribution is -0.0541. The summed E-state index contributed by atoms with van der Waals surface area (Å²) in [5.74, 6) is 4.44. The number of fused-ring (bicyclic) bond motifs is 1. The summed E-state index contributed by atoms with van der Waals surface area (Å²) < 4.78 is 39.0. The van der Waals surface area contributed by atoms with Gasteiger partial charge < -0.3 is 34.7 Å². The predicted molar refractivity (Wildman–Crippen MR) is 237 cm³/mol. The Morgan fingerprint density at radius 2 is 1.98 bits per heavy atom. The lowest BCUT2D eigenvalue weighted by Crippen LogP contribution is -2.57. The van der Waals surface area contributed by atoms with Gasteiger partial charge in [-0.1, -0.05) is 12.2 Å². The smallest absolute Gasteiger partial charge is 0.407 e. The van der Waals surface area contributed by atoms with Crippen LogP contribution in [0.1, 0.15) is 77.0 Å². The van der Waals surface area contributed by atoms with Crippen molar-refractivity contribution in [3.8, 4) is 12.3 Å². The largest absolute Gasteiger partial charge is 0.453 e. The van der Waals surface area contributed by atoms with E-state index >= 15 is 4.39 Å². The van der Waals surface area contributed by atoms with Crippen LogP contribution in [0.5, 0.6) is 0 Å². The lowest BCUT2D eigenvalue weighted by Gasteiger charge is -2.38. The molecule has 0 bridgehead atoms. The fraction of sp³-hybridized carbons (Fsp3) is 0.750. The molecular weight excluding hydrogens is 806 g/mol. The number of carbonyl (C=O) groups is 1. The van der Waals surface area contributed by atoms with Crippen LogP contribution in [0.15, 0.2) is 42.6 Å². The number of thioether (sulfide) groups is 2. The second-order valence-electron chi connectivity index (χ2n) is 17.2. The topological polar surface area (TPSA) is 151 Å². The van der Waals surface area contributed by atoms with Gasteiger partial charge in [0.25, 0.3) is 0 Å². The highest BCUT2D eigenvalue weighted by molar-refractivity contribution is 8.08. The molecular formula is C44H62FN7O6S2. The quantitative estimate of drug-likeness (QED) is 0.0988. The van der Waals surface area contributed by atoms with E-state index < -0.39 is 30.8 Å². The highest BCUT2D eigenvalue weighted by Crippen LogP contribution is 2.48. The summed E-state index contributed by atoms with van der Waals surface area (Å²) in [6.07, 6.45) is 19.3. The molecule has 0 spiro atoms. The lowest BCUT2D eigenvalue weighted by atomic mass is 9.90. The monoisotopic (exact) mass is 867 g/mol. The molecule has 6 aliphatic heterocycles. The third-order valence-electron chi connectivity index (χ3n) is 13.2. The molecule has 0 aromatic heterocycles. The number of halogens is 1. The second kappa shape index (κ2) is 21.1. The standard InChI is InChI=1S/C44H62FN7O6S2/c1-3-4-17-52(42(53)38(51-44(54)55-2)29-14-18-56-19-15-29)43-39(60-43)40-47-23-35(49-40)27-8-11-31-24-57-25-32(45)21-30(34-22-46-26-48-34)16-20-58-41(50-33(31)13-12-27)37-7-5-6-36(59-37)28-9-10-28/h1,7,12,22,28-32,35-36,38-39,41-43,53H,4-6,8-11,13-21,23-26H2,2H3,(H,47,49)(H,51,54). The SMILES string of the molecule is C#CCCN(C(O)C(NC(=O)OC)C1CCOCC1)C1SC1C1=NCC(C2=CCC3=NC(C4=CCCC(C5CC5)S4)OCCC(C4=NCN=C4)CC(F)COCC3CC2)N1. The minimum atomic E-state index is -1.11. The van der Waals surface area contributed by atoms with Crippen molar-refractivity contribution in [1.29, 1.82) is 0 Å². The van der Waals surface area contributed by atoms with Crippen molar-refractivity contribution in [3.63, 3.8) is 0 Å². The molecule has 1 saturated carbocycles. The third-order valence-corrected chi connectivity index (χ3v) is 16.0. The van der Waals surface area contributed by atoms with Crippen LogP contribution in [-0.2, 0) is 18.9 Å². The molecule has 8 aliphatic rings. The molecule has 8 rings (SSSR count). The van der Waals surface area contributed by atoms with Gasteiger partial charge in [0.05, 0.1) is 61.9 Å². The van der Waals surface area contributed by atoms with Gasteiger partial charge in [-0.2, -0.15) is 0 Å². The number of alkyl halides is 1. The van der Waals surface area contributed by atoms with E-state index in [9.17, 15) is 9.90 Å². The first-order chi connectivity index (χ1) is 29.4. The zero-order chi connectivity index (χ0) is 41.4. The number of allylic oxidation sites excluding steroid dienone is 2. The van der Waals surface area contributed by atoms with E-state index in [1.807, 2.05) is 16.7 Å². The average molecular weight is 868 g/mol. The molecule has 16 heteroatoms. The van der Waals surface area contributed by atoms with Crippen LogP contribution >= 0.6 is 23.5 Å². The number of methoxy groups -OCH3 is 1. The number of terminal acetylenes is 1. The summed E-state index contributed by atoms with van der Waals surface area (Å²) in [7, 11) is 1.34. The van der Waals surface area contributed by atoms with Gasteiger partial charge in [0.15, 0.2) is 6.23 Å². The van der Waals surface area contributed by atoms with Crippen LogP contribution < -0.4 is 10.6 Å². The molecule has 13 nitrogen and oxygen atoms in total. The fourth-order valence-corrected chi connectivity index (χ4v) is 12.2. The molecule has 10 atom stereocenters. The maximum Gasteiger partial charge on any atom is 0.407 e. The van der Waals surface area contributed by atoms with Gasteiger partial charge in [-0.3, -0.25) is 24.9 Å². The number of amides is 1. The van der Waals surface area contributed by atoms with Crippen molar-refractivity contribution in [2.24, 2.45) is 43.6 Å². The van der Waals surface area contributed by atoms with Crippen LogP contribution in [0.3, 0.4) is 0 Å². The molecule has 10 unspecified atom stereocenters. The summed E-state index contributed by atoms with van der Waals surface area (Å²) >= 11 is 3.70. The van der Waals surface area contributed by atoms with Crippen LogP contribution in [0.2, 0.25) is 0 Å². The number of aliphatic hydroxyl groups is 1. The first-order valence-electron chi connectivity index (χ1n) is 22.1. The molecule has 3 fully saturated rings. The van der Waals surface area contributed by atoms with Crippen molar-refractivity contribution in [2.45, 2.75) is 124 Å². The fourth-order valence-electron chi connectivity index (χ4n) is 9.50. The molecule has 60 heavy (non-hydrogen) atoms. The first kappa shape index (κ1) is 43.9. The number of carbonyl (C=O) groups excluding carboxylic acids is 1. The van der Waals surface area contributed by atoms with E-state index in [2.05, 4.69) is 38.7 Å². The Balaban J connectivity index is 0.954. The number of amidine groups is 1. The third kappa shape index (κ3) is 11.2. The molecule has 1 amide bonds. The number of nitrogens with zero attached hydrogens (tertiary/aromatic N) is 5. The highest BCUT2D eigenvalue weighted by atomic mass is 32.2. The summed E-state index contributed by atoms with van der Waals surface area (Å²) in [5, 5.41) is 19.2. The van der Waals surface area contributed by atoms with E-state index in [1.165, 1.54) is 36.9 Å². The van der Waals surface area contributed by atoms with E-state index in [4.69, 9.17) is 35.4 Å². The van der Waals surface area contributed by atoms with Crippen molar-refractivity contribution in [3.05, 3.63) is 22.6 Å². The van der Waals surface area contributed by atoms with Crippen molar-refractivity contribution >= 4 is 53.1 Å². The van der Waals surface area contributed by atoms with E-state index in [-0.39, 0.29) is 41.0 Å². The molecule has 0 aromatic carbocycles. The Hall–Kier alpha value is -2.78. The van der Waals surface area contributed by atoms with Gasteiger partial charge in [-0.25, -0.2) is 9.18 Å². The van der Waals surface area contributed by atoms with E-state index in [0.29, 0.717) is 77.1 Å². The minimum absolute atomic E-state index is 0.0343. The summed E-state index contributed by atoms with van der Waals surface area (Å²) in [6.45, 7) is 3.60. The van der Waals surface area contributed by atoms with Gasteiger partial charge in [-0.15, -0.1) is 35.9 Å². The Morgan fingerprint density at radius 1 is 1.12 bits per heavy atom. The van der Waals surface area contributed by atoms with Gasteiger partial charge in [-0.05, 0) is 81.6 Å². The number of nitrogens with one attached hydrogen (secondary N) is 2. The zero-order valence-corrected chi connectivity index (χ0v) is 36.4. The molecule has 2 saturated heterocycles. The second-order valence-corrected chi connectivity index (χ2v) is 19.8. The van der Waals surface area contributed by atoms with Gasteiger partial charge in [0.2, 0.25) is 0 Å². The summed E-state index contributed by atoms with van der Waals surface area (Å²) in [6, 6.07) is -0.489.